The van der Waals surface area contributed by atoms with E-state index >= 15 is 0 Å². The Bertz CT molecular complexity index is 249. The Labute approximate surface area is 112 Å². The highest BCUT2D eigenvalue weighted by molar-refractivity contribution is 7.55. The third kappa shape index (κ3) is 6.41. The van der Waals surface area contributed by atoms with Crippen LogP contribution in [-0.4, -0.2) is 38.6 Å². The van der Waals surface area contributed by atoms with Gasteiger partial charge in [0.15, 0.2) is 0 Å². The molecule has 0 aliphatic carbocycles. The largest absolute Gasteiger partial charge is 0.399 e. The lowest BCUT2D eigenvalue weighted by Gasteiger charge is -2.25. The van der Waals surface area contributed by atoms with Crippen LogP contribution >= 0.6 is 20.0 Å². The van der Waals surface area contributed by atoms with E-state index in [0.717, 1.165) is 0 Å². The van der Waals surface area contributed by atoms with Crippen molar-refractivity contribution in [3.05, 3.63) is 0 Å². The molecule has 0 radical (unpaired) electrons. The van der Waals surface area contributed by atoms with Gasteiger partial charge >= 0.3 is 13.3 Å². The minimum Gasteiger partial charge on any atom is -0.380 e. The number of ether oxygens (including phenoxy) is 1. The Hall–Kier alpha value is 0.220. The smallest absolute Gasteiger partial charge is 0.380 e. The maximum Gasteiger partial charge on any atom is 0.399 e. The van der Waals surface area contributed by atoms with E-state index in [4.69, 9.17) is 10.5 Å². The quantitative estimate of drug-likeness (QED) is 0.496. The second-order valence-electron chi connectivity index (χ2n) is 3.15. The van der Waals surface area contributed by atoms with Gasteiger partial charge in [0, 0.05) is 13.0 Å². The number of rotatable bonds is 10. The lowest BCUT2D eigenvalue weighted by atomic mass is 10.5. The van der Waals surface area contributed by atoms with E-state index in [1.807, 2.05) is 0 Å². The van der Waals surface area contributed by atoms with Crippen LogP contribution in [0.15, 0.2) is 0 Å². The molecule has 2 N–H and O–H groups in total. The van der Waals surface area contributed by atoms with Crippen LogP contribution in [0.2, 0.25) is 0 Å². The fraction of sp³-hybridized carbons (Fsp3) is 1.00. The molecule has 0 spiro atoms. The van der Waals surface area contributed by atoms with Gasteiger partial charge in [-0.1, -0.05) is 0 Å². The van der Waals surface area contributed by atoms with E-state index in [0.29, 0.717) is 0 Å². The second kappa shape index (κ2) is 10.1. The Morgan fingerprint density at radius 3 is 2.06 bits per heavy atom. The average molecular weight is 312 g/mol. The molecule has 0 fully saturated rings. The average Bonchev–Trinajstić information content (AvgIpc) is 2.25. The molecular weight excluding hydrogens is 291 g/mol. The predicted octanol–water partition coefficient (Wildman–Crippen LogP) is 2.63. The predicted molar refractivity (Wildman–Crippen MR) is 67.5 cm³/mol. The molecule has 0 aliphatic rings. The summed E-state index contributed by atoms with van der Waals surface area (Å²) in [6.45, 7) is 2.95. The third-order valence-electron chi connectivity index (χ3n) is 1.81. The minimum atomic E-state index is -4.42. The van der Waals surface area contributed by atoms with Crippen molar-refractivity contribution < 1.29 is 27.1 Å². The molecule has 0 rings (SSSR count). The fourth-order valence-corrected chi connectivity index (χ4v) is 2.58. The van der Waals surface area contributed by atoms with E-state index in [2.05, 4.69) is 9.05 Å². The zero-order valence-electron chi connectivity index (χ0n) is 10.6. The summed E-state index contributed by atoms with van der Waals surface area (Å²) in [5, 5.41) is 0. The molecule has 0 saturated heterocycles. The highest BCUT2D eigenvalue weighted by Gasteiger charge is 2.52. The fourth-order valence-electron chi connectivity index (χ4n) is 1.08. The number of hydrogen-bond donors (Lipinski definition) is 1. The highest BCUT2D eigenvalue weighted by atomic mass is 35.5. The van der Waals surface area contributed by atoms with E-state index in [9.17, 15) is 13.3 Å². The van der Waals surface area contributed by atoms with Gasteiger partial charge in [0.25, 0.3) is 0 Å². The second-order valence-corrected chi connectivity index (χ2v) is 5.32. The first-order valence-electron chi connectivity index (χ1n) is 5.48. The number of alkyl halides is 2. The van der Waals surface area contributed by atoms with Crippen molar-refractivity contribution in [2.24, 2.45) is 5.73 Å². The van der Waals surface area contributed by atoms with Crippen LogP contribution in [0.5, 0.6) is 0 Å². The Morgan fingerprint density at radius 2 is 1.67 bits per heavy atom. The van der Waals surface area contributed by atoms with Crippen LogP contribution < -0.4 is 5.73 Å². The maximum absolute atomic E-state index is 13.6. The van der Waals surface area contributed by atoms with Crippen LogP contribution in [0.4, 0.5) is 8.78 Å². The number of nitrogens with two attached hydrogens (primary N) is 1. The van der Waals surface area contributed by atoms with Gasteiger partial charge in [-0.2, -0.15) is 8.78 Å². The van der Waals surface area contributed by atoms with Crippen molar-refractivity contribution in [2.75, 3.05) is 33.0 Å². The molecule has 0 aromatic carbocycles. The molecule has 0 atom stereocenters. The Kier molecular flexibility index (Phi) is 11.5. The van der Waals surface area contributed by atoms with E-state index in [1.54, 1.807) is 0 Å². The highest BCUT2D eigenvalue weighted by Crippen LogP contribution is 2.63. The summed E-state index contributed by atoms with van der Waals surface area (Å²) in [6.07, 6.45) is -0.718. The van der Waals surface area contributed by atoms with Crippen LogP contribution in [0, 0.1) is 0 Å². The van der Waals surface area contributed by atoms with Crippen LogP contribution in [0.1, 0.15) is 20.3 Å². The molecule has 0 amide bonds. The van der Waals surface area contributed by atoms with Gasteiger partial charge in [0.2, 0.25) is 0 Å². The van der Waals surface area contributed by atoms with Gasteiger partial charge in [0.05, 0.1) is 26.4 Å². The Balaban J connectivity index is 0. The molecule has 0 aromatic heterocycles. The van der Waals surface area contributed by atoms with Crippen molar-refractivity contribution in [1.82, 2.24) is 0 Å². The summed E-state index contributed by atoms with van der Waals surface area (Å²) in [6, 6.07) is 0. The van der Waals surface area contributed by atoms with E-state index in [-0.39, 0.29) is 45.4 Å². The lowest BCUT2D eigenvalue weighted by molar-refractivity contribution is 0.00447. The summed E-state index contributed by atoms with van der Waals surface area (Å²) in [4.78, 5) is 0. The summed E-state index contributed by atoms with van der Waals surface area (Å²) in [7, 11) is -4.42. The minimum absolute atomic E-state index is 0. The van der Waals surface area contributed by atoms with Gasteiger partial charge in [0.1, 0.15) is 0 Å². The third-order valence-corrected chi connectivity index (χ3v) is 4.03. The van der Waals surface area contributed by atoms with Gasteiger partial charge in [-0.3, -0.25) is 4.57 Å². The van der Waals surface area contributed by atoms with Gasteiger partial charge in [-0.25, -0.2) is 0 Å². The van der Waals surface area contributed by atoms with Crippen molar-refractivity contribution >= 4 is 20.0 Å². The van der Waals surface area contributed by atoms with Gasteiger partial charge in [-0.15, -0.1) is 12.4 Å². The number of halogens is 3. The molecule has 112 valence electrons. The zero-order valence-corrected chi connectivity index (χ0v) is 12.3. The molecule has 9 heteroatoms. The lowest BCUT2D eigenvalue weighted by Crippen LogP contribution is -2.23. The van der Waals surface area contributed by atoms with Crippen molar-refractivity contribution in [3.63, 3.8) is 0 Å². The molecule has 18 heavy (non-hydrogen) atoms. The van der Waals surface area contributed by atoms with Crippen LogP contribution in [-0.2, 0) is 18.3 Å². The molecule has 0 unspecified atom stereocenters. The maximum atomic E-state index is 13.6. The molecule has 0 aliphatic heterocycles. The van der Waals surface area contributed by atoms with Crippen LogP contribution in [0.25, 0.3) is 0 Å². The number of hydrogen-bond acceptors (Lipinski definition) is 5. The first-order chi connectivity index (χ1) is 7.93. The zero-order chi connectivity index (χ0) is 13.4. The molecular formula is C9H21ClF2NO4P. The molecule has 0 heterocycles. The monoisotopic (exact) mass is 311 g/mol. The molecule has 0 aromatic rings. The van der Waals surface area contributed by atoms with Gasteiger partial charge < -0.3 is 19.5 Å². The van der Waals surface area contributed by atoms with Crippen molar-refractivity contribution in [1.29, 1.82) is 0 Å². The standard InChI is InChI=1S/C9H20F2NO4P.ClH/c1-3-15-17(13,16-4-2)9(10,11)5-7-14-8-6-12;/h3-8,12H2,1-2H3;1H. The van der Waals surface area contributed by atoms with Gasteiger partial charge in [-0.05, 0) is 13.8 Å². The summed E-state index contributed by atoms with van der Waals surface area (Å²) in [5.41, 5.74) is 1.59. The summed E-state index contributed by atoms with van der Waals surface area (Å²) < 4.78 is 53.1. The first kappa shape index (κ1) is 20.5. The topological polar surface area (TPSA) is 70.8 Å². The normalized spacial score (nSPS) is 12.3. The summed E-state index contributed by atoms with van der Waals surface area (Å²) in [5.74, 6) is 0. The van der Waals surface area contributed by atoms with Crippen molar-refractivity contribution in [3.8, 4) is 0 Å². The molecule has 0 saturated carbocycles. The van der Waals surface area contributed by atoms with Crippen molar-refractivity contribution in [2.45, 2.75) is 25.9 Å². The van der Waals surface area contributed by atoms with Crippen LogP contribution in [0.3, 0.4) is 0 Å². The first-order valence-corrected chi connectivity index (χ1v) is 7.02. The molecule has 5 nitrogen and oxygen atoms in total. The van der Waals surface area contributed by atoms with E-state index in [1.165, 1.54) is 13.8 Å². The SMILES string of the molecule is CCOP(=O)(OCC)C(F)(F)CCOCCN.Cl. The Morgan fingerprint density at radius 1 is 1.17 bits per heavy atom. The summed E-state index contributed by atoms with van der Waals surface area (Å²) >= 11 is 0. The van der Waals surface area contributed by atoms with E-state index < -0.39 is 19.7 Å². The molecule has 0 bridgehead atoms.